The molecule has 1 aromatic heterocycles. The molecule has 1 fully saturated rings. The summed E-state index contributed by atoms with van der Waals surface area (Å²) in [6.45, 7) is 7.42. The van der Waals surface area contributed by atoms with Crippen LogP contribution in [0, 0.1) is 18.8 Å². The van der Waals surface area contributed by atoms with Crippen LogP contribution in [0.3, 0.4) is 0 Å². The Morgan fingerprint density at radius 2 is 2.11 bits per heavy atom. The van der Waals surface area contributed by atoms with Crippen molar-refractivity contribution in [2.24, 2.45) is 11.8 Å². The van der Waals surface area contributed by atoms with Crippen LogP contribution < -0.4 is 0 Å². The number of imidazole rings is 1. The number of nitrogens with zero attached hydrogens (tertiary/aromatic N) is 2. The highest BCUT2D eigenvalue weighted by atomic mass is 32.2. The molecular formula is C13H23N3O2S. The number of aryl methyl sites for hydroxylation is 1. The second-order valence-corrected chi connectivity index (χ2v) is 7.58. The van der Waals surface area contributed by atoms with Crippen molar-refractivity contribution in [3.05, 3.63) is 12.0 Å². The molecule has 1 aliphatic heterocycles. The number of aromatic amines is 1. The molecule has 1 N–H and O–H groups in total. The van der Waals surface area contributed by atoms with Gasteiger partial charge in [0.25, 0.3) is 10.0 Å². The molecule has 0 aromatic carbocycles. The highest BCUT2D eigenvalue weighted by molar-refractivity contribution is 7.89. The van der Waals surface area contributed by atoms with Crippen LogP contribution in [0.25, 0.3) is 0 Å². The average molecular weight is 285 g/mol. The Hall–Kier alpha value is -0.880. The van der Waals surface area contributed by atoms with Gasteiger partial charge in [0.05, 0.1) is 6.20 Å². The molecule has 0 amide bonds. The zero-order valence-corrected chi connectivity index (χ0v) is 12.7. The molecule has 1 saturated heterocycles. The summed E-state index contributed by atoms with van der Waals surface area (Å²) in [5, 5.41) is 0.216. The number of H-pyrrole nitrogens is 1. The van der Waals surface area contributed by atoms with Crippen LogP contribution in [0.4, 0.5) is 0 Å². The van der Waals surface area contributed by atoms with Crippen LogP contribution in [-0.2, 0) is 10.0 Å². The minimum Gasteiger partial charge on any atom is -0.332 e. The summed E-state index contributed by atoms with van der Waals surface area (Å²) in [4.78, 5) is 6.81. The second-order valence-electron chi connectivity index (χ2n) is 5.67. The maximum atomic E-state index is 12.5. The van der Waals surface area contributed by atoms with E-state index >= 15 is 0 Å². The molecule has 6 heteroatoms. The monoisotopic (exact) mass is 285 g/mol. The molecule has 108 valence electrons. The molecular weight excluding hydrogens is 262 g/mol. The fraction of sp³-hybridized carbons (Fsp3) is 0.769. The molecule has 0 aliphatic carbocycles. The molecule has 0 radical (unpaired) electrons. The van der Waals surface area contributed by atoms with E-state index in [0.29, 0.717) is 30.7 Å². The number of nitrogens with one attached hydrogen (secondary N) is 1. The SMILES string of the molecule is Cc1ncc(S(=O)(=O)N2CCCC(C(C)C)CC2)[nH]1. The third-order valence-corrected chi connectivity index (χ3v) is 5.78. The number of sulfonamides is 1. The Bertz CT molecular complexity index is 522. The second kappa shape index (κ2) is 5.63. The van der Waals surface area contributed by atoms with E-state index in [2.05, 4.69) is 23.8 Å². The normalized spacial score (nSPS) is 22.6. The number of rotatable bonds is 3. The predicted molar refractivity (Wildman–Crippen MR) is 74.3 cm³/mol. The summed E-state index contributed by atoms with van der Waals surface area (Å²) in [6, 6.07) is 0. The molecule has 2 heterocycles. The molecule has 0 spiro atoms. The van der Waals surface area contributed by atoms with Crippen molar-refractivity contribution < 1.29 is 8.42 Å². The fourth-order valence-electron chi connectivity index (χ4n) is 2.67. The first-order valence-electron chi connectivity index (χ1n) is 6.93. The Balaban J connectivity index is 2.14. The van der Waals surface area contributed by atoms with Crippen LogP contribution in [0.15, 0.2) is 11.2 Å². The van der Waals surface area contributed by atoms with E-state index in [-0.39, 0.29) is 5.03 Å². The molecule has 2 rings (SSSR count). The average Bonchev–Trinajstić information content (AvgIpc) is 2.65. The minimum atomic E-state index is -3.40. The van der Waals surface area contributed by atoms with E-state index in [1.807, 2.05) is 0 Å². The molecule has 1 aliphatic rings. The van der Waals surface area contributed by atoms with Gasteiger partial charge in [-0.1, -0.05) is 13.8 Å². The van der Waals surface area contributed by atoms with Gasteiger partial charge in [-0.05, 0) is 38.0 Å². The lowest BCUT2D eigenvalue weighted by Crippen LogP contribution is -2.32. The number of hydrogen-bond donors (Lipinski definition) is 1. The smallest absolute Gasteiger partial charge is 0.260 e. The van der Waals surface area contributed by atoms with E-state index in [1.54, 1.807) is 11.2 Å². The van der Waals surface area contributed by atoms with E-state index in [1.165, 1.54) is 6.20 Å². The van der Waals surface area contributed by atoms with Crippen LogP contribution in [0.1, 0.15) is 38.9 Å². The van der Waals surface area contributed by atoms with Crippen molar-refractivity contribution in [3.8, 4) is 0 Å². The highest BCUT2D eigenvalue weighted by Crippen LogP contribution is 2.27. The molecule has 1 aromatic rings. The van der Waals surface area contributed by atoms with Gasteiger partial charge in [-0.3, -0.25) is 0 Å². The first kappa shape index (κ1) is 14.5. The third kappa shape index (κ3) is 3.17. The third-order valence-electron chi connectivity index (χ3n) is 3.97. The van der Waals surface area contributed by atoms with Gasteiger partial charge in [0.1, 0.15) is 5.82 Å². The Kier molecular flexibility index (Phi) is 4.30. The van der Waals surface area contributed by atoms with Gasteiger partial charge in [0, 0.05) is 13.1 Å². The molecule has 19 heavy (non-hydrogen) atoms. The van der Waals surface area contributed by atoms with Gasteiger partial charge >= 0.3 is 0 Å². The van der Waals surface area contributed by atoms with E-state index in [9.17, 15) is 8.42 Å². The van der Waals surface area contributed by atoms with Gasteiger partial charge in [-0.25, -0.2) is 13.4 Å². The van der Waals surface area contributed by atoms with Crippen LogP contribution in [0.2, 0.25) is 0 Å². The lowest BCUT2D eigenvalue weighted by molar-refractivity contribution is 0.340. The lowest BCUT2D eigenvalue weighted by Gasteiger charge is -2.20. The zero-order chi connectivity index (χ0) is 14.0. The summed E-state index contributed by atoms with van der Waals surface area (Å²) < 4.78 is 26.6. The summed E-state index contributed by atoms with van der Waals surface area (Å²) in [7, 11) is -3.40. The fourth-order valence-corrected chi connectivity index (χ4v) is 4.13. The maximum absolute atomic E-state index is 12.5. The first-order valence-corrected chi connectivity index (χ1v) is 8.37. The number of hydrogen-bond acceptors (Lipinski definition) is 3. The topological polar surface area (TPSA) is 66.1 Å². The van der Waals surface area contributed by atoms with Gasteiger partial charge in [-0.2, -0.15) is 4.31 Å². The largest absolute Gasteiger partial charge is 0.332 e. The van der Waals surface area contributed by atoms with Crippen molar-refractivity contribution in [3.63, 3.8) is 0 Å². The standard InChI is InChI=1S/C13H23N3O2S/c1-10(2)12-5-4-7-16(8-6-12)19(17,18)13-9-14-11(3)15-13/h9-10,12H,4-8H2,1-3H3,(H,14,15). The van der Waals surface area contributed by atoms with Crippen LogP contribution in [-0.4, -0.2) is 35.8 Å². The summed E-state index contributed by atoms with van der Waals surface area (Å²) >= 11 is 0. The summed E-state index contributed by atoms with van der Waals surface area (Å²) in [5.41, 5.74) is 0. The van der Waals surface area contributed by atoms with Gasteiger partial charge in [0.2, 0.25) is 0 Å². The predicted octanol–water partition coefficient (Wildman–Crippen LogP) is 2.16. The summed E-state index contributed by atoms with van der Waals surface area (Å²) in [5.74, 6) is 1.88. The van der Waals surface area contributed by atoms with Crippen molar-refractivity contribution in [1.29, 1.82) is 0 Å². The van der Waals surface area contributed by atoms with Gasteiger partial charge < -0.3 is 4.98 Å². The first-order chi connectivity index (χ1) is 8.91. The number of aromatic nitrogens is 2. The van der Waals surface area contributed by atoms with Crippen LogP contribution >= 0.6 is 0 Å². The summed E-state index contributed by atoms with van der Waals surface area (Å²) in [6.07, 6.45) is 4.42. The molecule has 0 saturated carbocycles. The van der Waals surface area contributed by atoms with Crippen molar-refractivity contribution >= 4 is 10.0 Å². The quantitative estimate of drug-likeness (QED) is 0.925. The molecule has 5 nitrogen and oxygen atoms in total. The van der Waals surface area contributed by atoms with E-state index in [0.717, 1.165) is 19.3 Å². The minimum absolute atomic E-state index is 0.216. The molecule has 1 unspecified atom stereocenters. The lowest BCUT2D eigenvalue weighted by atomic mass is 9.89. The Labute approximate surface area is 115 Å². The van der Waals surface area contributed by atoms with Crippen molar-refractivity contribution in [2.75, 3.05) is 13.1 Å². The van der Waals surface area contributed by atoms with E-state index in [4.69, 9.17) is 0 Å². The van der Waals surface area contributed by atoms with Crippen molar-refractivity contribution in [2.45, 2.75) is 45.1 Å². The van der Waals surface area contributed by atoms with E-state index < -0.39 is 10.0 Å². The van der Waals surface area contributed by atoms with Crippen molar-refractivity contribution in [1.82, 2.24) is 14.3 Å². The molecule has 1 atom stereocenters. The highest BCUT2D eigenvalue weighted by Gasteiger charge is 2.29. The molecule has 0 bridgehead atoms. The van der Waals surface area contributed by atoms with Gasteiger partial charge in [0.15, 0.2) is 5.03 Å². The van der Waals surface area contributed by atoms with Gasteiger partial charge in [-0.15, -0.1) is 0 Å². The van der Waals surface area contributed by atoms with Crippen LogP contribution in [0.5, 0.6) is 0 Å². The Morgan fingerprint density at radius 1 is 1.37 bits per heavy atom. The maximum Gasteiger partial charge on any atom is 0.260 e. The zero-order valence-electron chi connectivity index (χ0n) is 11.9. The Morgan fingerprint density at radius 3 is 2.68 bits per heavy atom.